The average Bonchev–Trinajstić information content (AvgIpc) is 2.58. The number of aliphatic hydroxyl groups is 1. The smallest absolute Gasteiger partial charge is 0.319 e. The first-order chi connectivity index (χ1) is 11.6. The number of hydrogen-bond acceptors (Lipinski definition) is 4. The fourth-order valence-electron chi connectivity index (χ4n) is 2.01. The molecule has 0 heterocycles. The maximum atomic E-state index is 12.0. The van der Waals surface area contributed by atoms with Gasteiger partial charge >= 0.3 is 12.0 Å². The lowest BCUT2D eigenvalue weighted by Crippen LogP contribution is -2.38. The summed E-state index contributed by atoms with van der Waals surface area (Å²) < 4.78 is 4.91. The minimum Gasteiger partial charge on any atom is -0.461 e. The second-order valence-electron chi connectivity index (χ2n) is 5.19. The predicted molar refractivity (Wildman–Crippen MR) is 93.5 cm³/mol. The van der Waals surface area contributed by atoms with Crippen LogP contribution in [0.2, 0.25) is 0 Å². The van der Waals surface area contributed by atoms with E-state index in [0.29, 0.717) is 18.5 Å². The summed E-state index contributed by atoms with van der Waals surface area (Å²) in [6.07, 6.45) is 4.41. The van der Waals surface area contributed by atoms with Gasteiger partial charge < -0.3 is 20.5 Å². The topological polar surface area (TPSA) is 87.7 Å². The quantitative estimate of drug-likeness (QED) is 0.454. The largest absolute Gasteiger partial charge is 0.461 e. The van der Waals surface area contributed by atoms with E-state index >= 15 is 0 Å². The Morgan fingerprint density at radius 2 is 1.92 bits per heavy atom. The van der Waals surface area contributed by atoms with Gasteiger partial charge in [0, 0.05) is 18.2 Å². The number of carbonyl (C=O) groups excluding carboxylic acids is 2. The highest BCUT2D eigenvalue weighted by Crippen LogP contribution is 2.10. The van der Waals surface area contributed by atoms with E-state index in [9.17, 15) is 9.59 Å². The molecule has 0 aromatic heterocycles. The first kappa shape index (κ1) is 19.4. The predicted octanol–water partition coefficient (Wildman–Crippen LogP) is 2.75. The number of esters is 1. The lowest BCUT2D eigenvalue weighted by Gasteiger charge is -2.17. The second kappa shape index (κ2) is 11.0. The molecule has 0 spiro atoms. The van der Waals surface area contributed by atoms with Crippen molar-refractivity contribution in [3.63, 3.8) is 0 Å². The van der Waals surface area contributed by atoms with Crippen molar-refractivity contribution in [2.45, 2.75) is 31.9 Å². The SMILES string of the molecule is C=CCOC(=O)CC[C@@H](CC=C)NC(=O)Nc1ccc(CO)cc1. The molecule has 0 aliphatic rings. The number of benzene rings is 1. The van der Waals surface area contributed by atoms with Crippen molar-refractivity contribution in [2.75, 3.05) is 11.9 Å². The lowest BCUT2D eigenvalue weighted by molar-refractivity contribution is -0.142. The van der Waals surface area contributed by atoms with Gasteiger partial charge in [-0.05, 0) is 30.5 Å². The molecule has 3 N–H and O–H groups in total. The molecule has 1 rings (SSSR count). The molecule has 0 aliphatic heterocycles. The van der Waals surface area contributed by atoms with Crippen LogP contribution in [0.3, 0.4) is 0 Å². The Labute approximate surface area is 142 Å². The van der Waals surface area contributed by atoms with E-state index in [0.717, 1.165) is 5.56 Å². The van der Waals surface area contributed by atoms with Crippen LogP contribution >= 0.6 is 0 Å². The van der Waals surface area contributed by atoms with Crippen LogP contribution in [0, 0.1) is 0 Å². The van der Waals surface area contributed by atoms with Crippen molar-refractivity contribution in [1.82, 2.24) is 5.32 Å². The van der Waals surface area contributed by atoms with Crippen molar-refractivity contribution in [3.8, 4) is 0 Å². The fourth-order valence-corrected chi connectivity index (χ4v) is 2.01. The van der Waals surface area contributed by atoms with Crippen LogP contribution in [-0.4, -0.2) is 29.8 Å². The molecule has 0 bridgehead atoms. The van der Waals surface area contributed by atoms with E-state index < -0.39 is 0 Å². The zero-order valence-electron chi connectivity index (χ0n) is 13.7. The zero-order chi connectivity index (χ0) is 17.8. The van der Waals surface area contributed by atoms with Gasteiger partial charge in [0.1, 0.15) is 6.61 Å². The Morgan fingerprint density at radius 1 is 1.21 bits per heavy atom. The Morgan fingerprint density at radius 3 is 2.50 bits per heavy atom. The van der Waals surface area contributed by atoms with Gasteiger partial charge in [-0.1, -0.05) is 30.9 Å². The number of nitrogens with one attached hydrogen (secondary N) is 2. The van der Waals surface area contributed by atoms with E-state index in [1.807, 2.05) is 0 Å². The van der Waals surface area contributed by atoms with Crippen molar-refractivity contribution in [3.05, 3.63) is 55.1 Å². The summed E-state index contributed by atoms with van der Waals surface area (Å²) in [6, 6.07) is 6.30. The molecule has 6 heteroatoms. The summed E-state index contributed by atoms with van der Waals surface area (Å²) in [6.45, 7) is 7.28. The summed E-state index contributed by atoms with van der Waals surface area (Å²) in [7, 11) is 0. The van der Waals surface area contributed by atoms with E-state index in [4.69, 9.17) is 9.84 Å². The molecule has 130 valence electrons. The van der Waals surface area contributed by atoms with Crippen LogP contribution in [0.4, 0.5) is 10.5 Å². The second-order valence-corrected chi connectivity index (χ2v) is 5.19. The summed E-state index contributed by atoms with van der Waals surface area (Å²) in [5.41, 5.74) is 1.39. The van der Waals surface area contributed by atoms with Gasteiger partial charge in [0.15, 0.2) is 0 Å². The molecule has 2 amide bonds. The minimum absolute atomic E-state index is 0.0458. The standard InChI is InChI=1S/C18H24N2O4/c1-3-5-15(10-11-17(22)24-12-4-2)19-18(23)20-16-8-6-14(13-21)7-9-16/h3-4,6-9,15,21H,1-2,5,10-13H2,(H2,19,20,23)/t15-/m1/s1. The van der Waals surface area contributed by atoms with Gasteiger partial charge in [-0.2, -0.15) is 0 Å². The molecule has 0 saturated carbocycles. The van der Waals surface area contributed by atoms with E-state index in [1.165, 1.54) is 6.08 Å². The number of carbonyl (C=O) groups is 2. The van der Waals surface area contributed by atoms with Gasteiger partial charge in [0.2, 0.25) is 0 Å². The first-order valence-electron chi connectivity index (χ1n) is 7.73. The van der Waals surface area contributed by atoms with Crippen LogP contribution in [0.25, 0.3) is 0 Å². The summed E-state index contributed by atoms with van der Waals surface area (Å²) in [5.74, 6) is -0.328. The Bertz CT molecular complexity index is 555. The number of ether oxygens (including phenoxy) is 1. The third-order valence-corrected chi connectivity index (χ3v) is 3.24. The Kier molecular flexibility index (Phi) is 8.93. The van der Waals surface area contributed by atoms with Crippen LogP contribution in [0.15, 0.2) is 49.6 Å². The Hall–Kier alpha value is -2.60. The third-order valence-electron chi connectivity index (χ3n) is 3.24. The lowest BCUT2D eigenvalue weighted by atomic mass is 10.1. The van der Waals surface area contributed by atoms with E-state index in [-0.39, 0.29) is 37.7 Å². The Balaban J connectivity index is 2.47. The molecule has 6 nitrogen and oxygen atoms in total. The van der Waals surface area contributed by atoms with Gasteiger partial charge in [-0.25, -0.2) is 4.79 Å². The molecule has 0 aliphatic carbocycles. The van der Waals surface area contributed by atoms with Gasteiger partial charge in [0.25, 0.3) is 0 Å². The number of anilines is 1. The highest BCUT2D eigenvalue weighted by atomic mass is 16.5. The highest BCUT2D eigenvalue weighted by Gasteiger charge is 2.13. The van der Waals surface area contributed by atoms with Gasteiger partial charge in [0.05, 0.1) is 6.61 Å². The fraction of sp³-hybridized carbons (Fsp3) is 0.333. The number of urea groups is 1. The van der Waals surface area contributed by atoms with Crippen LogP contribution < -0.4 is 10.6 Å². The summed E-state index contributed by atoms with van der Waals surface area (Å²) in [4.78, 5) is 23.5. The van der Waals surface area contributed by atoms with Crippen LogP contribution in [0.1, 0.15) is 24.8 Å². The molecule has 1 atom stereocenters. The number of rotatable bonds is 10. The van der Waals surface area contributed by atoms with E-state index in [2.05, 4.69) is 23.8 Å². The molecule has 0 unspecified atom stereocenters. The normalized spacial score (nSPS) is 11.2. The summed E-state index contributed by atoms with van der Waals surface area (Å²) in [5, 5.41) is 14.5. The number of hydrogen-bond donors (Lipinski definition) is 3. The molecule has 0 fully saturated rings. The van der Waals surface area contributed by atoms with Crippen LogP contribution in [-0.2, 0) is 16.1 Å². The monoisotopic (exact) mass is 332 g/mol. The molecule has 1 aromatic rings. The minimum atomic E-state index is -0.363. The molecular weight excluding hydrogens is 308 g/mol. The van der Waals surface area contributed by atoms with Crippen molar-refractivity contribution in [1.29, 1.82) is 0 Å². The first-order valence-corrected chi connectivity index (χ1v) is 7.73. The number of amides is 2. The summed E-state index contributed by atoms with van der Waals surface area (Å²) >= 11 is 0. The van der Waals surface area contributed by atoms with Crippen molar-refractivity contribution >= 4 is 17.7 Å². The molecule has 0 radical (unpaired) electrons. The van der Waals surface area contributed by atoms with Gasteiger partial charge in [-0.3, -0.25) is 4.79 Å². The highest BCUT2D eigenvalue weighted by molar-refractivity contribution is 5.89. The molecule has 24 heavy (non-hydrogen) atoms. The van der Waals surface area contributed by atoms with Crippen molar-refractivity contribution in [2.24, 2.45) is 0 Å². The molecule has 1 aromatic carbocycles. The van der Waals surface area contributed by atoms with E-state index in [1.54, 1.807) is 30.3 Å². The average molecular weight is 332 g/mol. The molecular formula is C18H24N2O4. The van der Waals surface area contributed by atoms with Gasteiger partial charge in [-0.15, -0.1) is 6.58 Å². The zero-order valence-corrected chi connectivity index (χ0v) is 13.7. The molecule has 0 saturated heterocycles. The van der Waals surface area contributed by atoms with Crippen LogP contribution in [0.5, 0.6) is 0 Å². The maximum absolute atomic E-state index is 12.0. The number of aliphatic hydroxyl groups excluding tert-OH is 1. The van der Waals surface area contributed by atoms with Crippen molar-refractivity contribution < 1.29 is 19.4 Å². The third kappa shape index (κ3) is 7.60. The maximum Gasteiger partial charge on any atom is 0.319 e.